The molecule has 1 N–H and O–H groups in total. The van der Waals surface area contributed by atoms with Gasteiger partial charge in [0.1, 0.15) is 10.9 Å². The van der Waals surface area contributed by atoms with Gasteiger partial charge in [-0.25, -0.2) is 8.42 Å². The zero-order chi connectivity index (χ0) is 17.3. The lowest BCUT2D eigenvalue weighted by atomic mass is 10.3. The Morgan fingerprint density at radius 2 is 2.29 bits per heavy atom. The second kappa shape index (κ2) is 6.79. The summed E-state index contributed by atoms with van der Waals surface area (Å²) in [6.07, 6.45) is 3.17. The first-order chi connectivity index (χ1) is 11.3. The van der Waals surface area contributed by atoms with E-state index in [-0.39, 0.29) is 18.2 Å². The fraction of sp³-hybridized carbons (Fsp3) is 0.214. The zero-order valence-electron chi connectivity index (χ0n) is 12.2. The second-order valence-corrected chi connectivity index (χ2v) is 9.70. The number of hydrogen-bond donors (Lipinski definition) is 1. The summed E-state index contributed by atoms with van der Waals surface area (Å²) < 4.78 is 23.0. The molecule has 1 atom stereocenters. The molecule has 3 heterocycles. The average Bonchev–Trinajstić information content (AvgIpc) is 3.17. The third-order valence-electron chi connectivity index (χ3n) is 3.27. The van der Waals surface area contributed by atoms with Gasteiger partial charge in [-0.2, -0.15) is 0 Å². The van der Waals surface area contributed by atoms with Crippen molar-refractivity contribution in [2.75, 3.05) is 12.3 Å². The Hall–Kier alpha value is -1.49. The zero-order valence-corrected chi connectivity index (χ0v) is 15.4. The summed E-state index contributed by atoms with van der Waals surface area (Å²) in [6, 6.07) is 3.20. The minimum absolute atomic E-state index is 0.157. The molecular weight excluding hydrogens is 388 g/mol. The molecule has 1 aromatic heterocycles. The van der Waals surface area contributed by atoms with Gasteiger partial charge in [0.2, 0.25) is 5.91 Å². The van der Waals surface area contributed by atoms with Crippen LogP contribution in [0.1, 0.15) is 4.88 Å². The Morgan fingerprint density at radius 3 is 2.92 bits per heavy atom. The highest BCUT2D eigenvalue weighted by atomic mass is 32.2. The van der Waals surface area contributed by atoms with Crippen molar-refractivity contribution in [3.05, 3.63) is 38.8 Å². The lowest BCUT2D eigenvalue weighted by Gasteiger charge is -2.16. The number of nitrogens with one attached hydrogen (secondary N) is 1. The molecule has 10 heteroatoms. The smallest absolute Gasteiger partial charge is 0.266 e. The standard InChI is InChI=1S/C14H12N2O4S4/c17-12(15-9-3-5-24(19,20)8-9)7-16-13(18)11(23-14(16)21)6-10-2-1-4-22-10/h1-6,9H,7-8H2,(H,15,17)/b11-6-. The maximum Gasteiger partial charge on any atom is 0.266 e. The van der Waals surface area contributed by atoms with Gasteiger partial charge in [0.15, 0.2) is 9.84 Å². The van der Waals surface area contributed by atoms with Crippen LogP contribution in [0.5, 0.6) is 0 Å². The van der Waals surface area contributed by atoms with Crippen molar-refractivity contribution in [2.45, 2.75) is 6.04 Å². The predicted molar refractivity (Wildman–Crippen MR) is 99.1 cm³/mol. The van der Waals surface area contributed by atoms with E-state index in [2.05, 4.69) is 5.32 Å². The van der Waals surface area contributed by atoms with Gasteiger partial charge in [-0.3, -0.25) is 14.5 Å². The first kappa shape index (κ1) is 17.3. The topological polar surface area (TPSA) is 83.6 Å². The van der Waals surface area contributed by atoms with Gasteiger partial charge in [0, 0.05) is 10.3 Å². The molecule has 0 spiro atoms. The molecule has 0 aliphatic carbocycles. The highest BCUT2D eigenvalue weighted by molar-refractivity contribution is 8.26. The summed E-state index contributed by atoms with van der Waals surface area (Å²) in [5.74, 6) is -0.923. The first-order valence-corrected chi connectivity index (χ1v) is 10.7. The molecular formula is C14H12N2O4S4. The van der Waals surface area contributed by atoms with Crippen LogP contribution >= 0.6 is 35.3 Å². The summed E-state index contributed by atoms with van der Waals surface area (Å²) in [5.41, 5.74) is 0. The number of carbonyl (C=O) groups is 2. The summed E-state index contributed by atoms with van der Waals surface area (Å²) in [6.45, 7) is -0.225. The molecule has 0 saturated carbocycles. The van der Waals surface area contributed by atoms with Crippen molar-refractivity contribution >= 4 is 67.4 Å². The van der Waals surface area contributed by atoms with Gasteiger partial charge < -0.3 is 5.32 Å². The molecule has 3 rings (SSSR count). The van der Waals surface area contributed by atoms with Crippen molar-refractivity contribution in [3.63, 3.8) is 0 Å². The van der Waals surface area contributed by atoms with E-state index in [1.807, 2.05) is 17.5 Å². The van der Waals surface area contributed by atoms with Crippen molar-refractivity contribution < 1.29 is 18.0 Å². The number of carbonyl (C=O) groups excluding carboxylic acids is 2. The van der Waals surface area contributed by atoms with E-state index in [1.165, 1.54) is 22.3 Å². The Morgan fingerprint density at radius 1 is 1.50 bits per heavy atom. The quantitative estimate of drug-likeness (QED) is 0.607. The van der Waals surface area contributed by atoms with Crippen molar-refractivity contribution in [1.82, 2.24) is 10.2 Å². The van der Waals surface area contributed by atoms with Crippen LogP contribution in [0.4, 0.5) is 0 Å². The summed E-state index contributed by atoms with van der Waals surface area (Å²) in [5, 5.41) is 5.57. The fourth-order valence-electron chi connectivity index (χ4n) is 2.20. The normalized spacial score (nSPS) is 24.1. The summed E-state index contributed by atoms with van der Waals surface area (Å²) >= 11 is 7.82. The Balaban J connectivity index is 1.63. The second-order valence-electron chi connectivity index (χ2n) is 5.12. The van der Waals surface area contributed by atoms with Crippen LogP contribution in [0.15, 0.2) is 33.9 Å². The van der Waals surface area contributed by atoms with Crippen LogP contribution in [0.2, 0.25) is 0 Å². The highest BCUT2D eigenvalue weighted by Gasteiger charge is 2.34. The molecule has 24 heavy (non-hydrogen) atoms. The average molecular weight is 401 g/mol. The van der Waals surface area contributed by atoms with E-state index in [9.17, 15) is 18.0 Å². The Labute approximate surface area is 152 Å². The number of hydrogen-bond acceptors (Lipinski definition) is 7. The number of thiophene rings is 1. The molecule has 2 aliphatic heterocycles. The largest absolute Gasteiger partial charge is 0.347 e. The molecule has 2 amide bonds. The maximum atomic E-state index is 12.4. The van der Waals surface area contributed by atoms with Crippen LogP contribution in [0.3, 0.4) is 0 Å². The molecule has 6 nitrogen and oxygen atoms in total. The van der Waals surface area contributed by atoms with Crippen LogP contribution in [-0.4, -0.2) is 47.8 Å². The third kappa shape index (κ3) is 3.94. The van der Waals surface area contributed by atoms with Crippen LogP contribution in [-0.2, 0) is 19.4 Å². The van der Waals surface area contributed by atoms with Gasteiger partial charge >= 0.3 is 0 Å². The van der Waals surface area contributed by atoms with Crippen LogP contribution < -0.4 is 5.32 Å². The fourth-order valence-corrected chi connectivity index (χ4v) is 5.41. The molecule has 2 aliphatic rings. The monoisotopic (exact) mass is 400 g/mol. The number of thioether (sulfide) groups is 1. The maximum absolute atomic E-state index is 12.4. The van der Waals surface area contributed by atoms with Gasteiger partial charge in [-0.15, -0.1) is 11.3 Å². The van der Waals surface area contributed by atoms with Gasteiger partial charge in [-0.1, -0.05) is 30.0 Å². The number of sulfone groups is 1. The minimum atomic E-state index is -3.24. The number of nitrogens with zero attached hydrogens (tertiary/aromatic N) is 1. The van der Waals surface area contributed by atoms with Crippen LogP contribution in [0, 0.1) is 0 Å². The Bertz CT molecular complexity index is 855. The summed E-state index contributed by atoms with van der Waals surface area (Å²) in [4.78, 5) is 27.1. The predicted octanol–water partition coefficient (Wildman–Crippen LogP) is 1.38. The van der Waals surface area contributed by atoms with E-state index >= 15 is 0 Å². The lowest BCUT2D eigenvalue weighted by Crippen LogP contribution is -2.43. The molecule has 1 unspecified atom stereocenters. The van der Waals surface area contributed by atoms with E-state index in [0.29, 0.717) is 9.23 Å². The number of thiocarbonyl (C=S) groups is 1. The van der Waals surface area contributed by atoms with Crippen molar-refractivity contribution in [3.8, 4) is 0 Å². The number of amides is 2. The lowest BCUT2D eigenvalue weighted by molar-refractivity contribution is -0.128. The molecule has 1 aromatic rings. The van der Waals surface area contributed by atoms with Crippen molar-refractivity contribution in [2.24, 2.45) is 0 Å². The Kier molecular flexibility index (Phi) is 4.90. The van der Waals surface area contributed by atoms with Gasteiger partial charge in [0.25, 0.3) is 5.91 Å². The highest BCUT2D eigenvalue weighted by Crippen LogP contribution is 2.33. The third-order valence-corrected chi connectivity index (χ3v) is 6.86. The van der Waals surface area contributed by atoms with E-state index in [0.717, 1.165) is 22.0 Å². The molecule has 0 bridgehead atoms. The molecule has 1 fully saturated rings. The van der Waals surface area contributed by atoms with E-state index in [4.69, 9.17) is 12.2 Å². The molecule has 0 radical (unpaired) electrons. The number of rotatable bonds is 4. The minimum Gasteiger partial charge on any atom is -0.347 e. The van der Waals surface area contributed by atoms with Crippen molar-refractivity contribution in [1.29, 1.82) is 0 Å². The summed E-state index contributed by atoms with van der Waals surface area (Å²) in [7, 11) is -3.24. The SMILES string of the molecule is O=C(CN1C(=O)/C(=C/c2cccs2)SC1=S)NC1C=CS(=O)(=O)C1. The first-order valence-electron chi connectivity index (χ1n) is 6.83. The van der Waals surface area contributed by atoms with Gasteiger partial charge in [-0.05, 0) is 23.6 Å². The molecule has 0 aromatic carbocycles. The van der Waals surface area contributed by atoms with E-state index < -0.39 is 21.8 Å². The van der Waals surface area contributed by atoms with E-state index in [1.54, 1.807) is 6.08 Å². The molecule has 1 saturated heterocycles. The molecule has 126 valence electrons. The van der Waals surface area contributed by atoms with Gasteiger partial charge in [0.05, 0.1) is 16.7 Å². The van der Waals surface area contributed by atoms with Crippen LogP contribution in [0.25, 0.3) is 6.08 Å².